The summed E-state index contributed by atoms with van der Waals surface area (Å²) in [7, 11) is 0. The van der Waals surface area contributed by atoms with Crippen molar-refractivity contribution >= 4 is 5.97 Å². The van der Waals surface area contributed by atoms with Crippen LogP contribution in [0.15, 0.2) is 12.1 Å². The highest BCUT2D eigenvalue weighted by Crippen LogP contribution is 2.42. The predicted molar refractivity (Wildman–Crippen MR) is 53.0 cm³/mol. The number of hydrogen-bond donors (Lipinski definition) is 2. The first kappa shape index (κ1) is 9.83. The Kier molecular flexibility index (Phi) is 2.07. The van der Waals surface area contributed by atoms with Gasteiger partial charge in [-0.2, -0.15) is 0 Å². The van der Waals surface area contributed by atoms with E-state index in [1.54, 1.807) is 6.92 Å². The summed E-state index contributed by atoms with van der Waals surface area (Å²) in [5.74, 6) is -0.691. The van der Waals surface area contributed by atoms with Crippen molar-refractivity contribution in [3.63, 3.8) is 0 Å². The van der Waals surface area contributed by atoms with Crippen LogP contribution in [0.25, 0.3) is 0 Å². The molecule has 0 saturated heterocycles. The van der Waals surface area contributed by atoms with Crippen LogP contribution in [0.3, 0.4) is 0 Å². The van der Waals surface area contributed by atoms with Gasteiger partial charge in [-0.05, 0) is 12.0 Å². The van der Waals surface area contributed by atoms with Gasteiger partial charge in [-0.15, -0.1) is 0 Å². The zero-order valence-electron chi connectivity index (χ0n) is 8.52. The first-order chi connectivity index (χ1) is 7.00. The molecule has 1 heterocycles. The van der Waals surface area contributed by atoms with E-state index in [0.717, 1.165) is 5.56 Å². The van der Waals surface area contributed by atoms with E-state index in [1.165, 1.54) is 12.1 Å². The number of carbonyl (C=O) groups excluding carboxylic acids is 1. The molecule has 0 aromatic heterocycles. The third kappa shape index (κ3) is 1.42. The molecule has 2 unspecified atom stereocenters. The van der Waals surface area contributed by atoms with E-state index in [1.807, 2.05) is 6.92 Å². The Labute approximate surface area is 87.1 Å². The second-order valence-electron chi connectivity index (χ2n) is 3.88. The molecule has 2 N–H and O–H groups in total. The highest BCUT2D eigenvalue weighted by atomic mass is 16.5. The zero-order chi connectivity index (χ0) is 11.2. The summed E-state index contributed by atoms with van der Waals surface area (Å²) in [5, 5.41) is 18.6. The summed E-state index contributed by atoms with van der Waals surface area (Å²) in [5.41, 5.74) is 0.748. The van der Waals surface area contributed by atoms with Gasteiger partial charge in [0.15, 0.2) is 11.5 Å². The monoisotopic (exact) mass is 208 g/mol. The number of fused-ring (bicyclic) bond motifs is 1. The summed E-state index contributed by atoms with van der Waals surface area (Å²) < 4.78 is 5.04. The number of carbonyl (C=O) groups is 1. The van der Waals surface area contributed by atoms with Gasteiger partial charge in [0.1, 0.15) is 5.75 Å². The topological polar surface area (TPSA) is 66.8 Å². The summed E-state index contributed by atoms with van der Waals surface area (Å²) in [6.45, 7) is 3.67. The van der Waals surface area contributed by atoms with E-state index in [2.05, 4.69) is 0 Å². The maximum Gasteiger partial charge on any atom is 0.314 e. The number of ether oxygens (including phenoxy) is 1. The number of aromatic hydroxyl groups is 2. The standard InChI is InChI=1S/C11H12O4/c1-5-6(2)11(14)15-10-4-9(13)8(12)3-7(5)10/h3-6,12-13H,1-2H3. The summed E-state index contributed by atoms with van der Waals surface area (Å²) in [6, 6.07) is 2.71. The van der Waals surface area contributed by atoms with Crippen molar-refractivity contribution < 1.29 is 19.7 Å². The van der Waals surface area contributed by atoms with Gasteiger partial charge in [0.25, 0.3) is 0 Å². The third-order valence-electron chi connectivity index (χ3n) is 2.93. The van der Waals surface area contributed by atoms with Crippen molar-refractivity contribution in [1.82, 2.24) is 0 Å². The largest absolute Gasteiger partial charge is 0.504 e. The lowest BCUT2D eigenvalue weighted by molar-refractivity contribution is -0.140. The molecule has 15 heavy (non-hydrogen) atoms. The van der Waals surface area contributed by atoms with Gasteiger partial charge in [0.05, 0.1) is 5.92 Å². The average molecular weight is 208 g/mol. The fourth-order valence-electron chi connectivity index (χ4n) is 1.69. The molecule has 1 aromatic rings. The number of rotatable bonds is 0. The van der Waals surface area contributed by atoms with Crippen molar-refractivity contribution in [3.8, 4) is 17.2 Å². The average Bonchev–Trinajstić information content (AvgIpc) is 2.19. The molecule has 0 radical (unpaired) electrons. The van der Waals surface area contributed by atoms with Gasteiger partial charge >= 0.3 is 5.97 Å². The Morgan fingerprint density at radius 2 is 1.73 bits per heavy atom. The zero-order valence-corrected chi connectivity index (χ0v) is 8.52. The number of esters is 1. The number of phenols is 2. The molecule has 0 spiro atoms. The fourth-order valence-corrected chi connectivity index (χ4v) is 1.69. The van der Waals surface area contributed by atoms with E-state index in [-0.39, 0.29) is 29.3 Å². The summed E-state index contributed by atoms with van der Waals surface area (Å²) in [6.07, 6.45) is 0. The quantitative estimate of drug-likeness (QED) is 0.387. The molecule has 0 saturated carbocycles. The fraction of sp³-hybridized carbons (Fsp3) is 0.364. The lowest BCUT2D eigenvalue weighted by atomic mass is 9.86. The molecule has 2 atom stereocenters. The van der Waals surface area contributed by atoms with Crippen LogP contribution in [-0.2, 0) is 4.79 Å². The first-order valence-corrected chi connectivity index (χ1v) is 4.78. The summed E-state index contributed by atoms with van der Waals surface area (Å²) in [4.78, 5) is 11.4. The molecule has 0 amide bonds. The molecule has 4 nitrogen and oxygen atoms in total. The molecule has 1 aromatic carbocycles. The second-order valence-corrected chi connectivity index (χ2v) is 3.88. The Balaban J connectivity index is 2.56. The minimum Gasteiger partial charge on any atom is -0.504 e. The van der Waals surface area contributed by atoms with Crippen LogP contribution in [0.2, 0.25) is 0 Å². The van der Waals surface area contributed by atoms with Gasteiger partial charge in [0, 0.05) is 11.6 Å². The third-order valence-corrected chi connectivity index (χ3v) is 2.93. The Hall–Kier alpha value is -1.71. The second kappa shape index (κ2) is 3.15. The van der Waals surface area contributed by atoms with Crippen molar-refractivity contribution in [2.45, 2.75) is 19.8 Å². The molecular weight excluding hydrogens is 196 g/mol. The van der Waals surface area contributed by atoms with Gasteiger partial charge in [-0.25, -0.2) is 0 Å². The van der Waals surface area contributed by atoms with Crippen molar-refractivity contribution in [3.05, 3.63) is 17.7 Å². The maximum absolute atomic E-state index is 11.4. The Morgan fingerprint density at radius 1 is 1.13 bits per heavy atom. The van der Waals surface area contributed by atoms with Crippen molar-refractivity contribution in [1.29, 1.82) is 0 Å². The molecule has 0 fully saturated rings. The minimum absolute atomic E-state index is 0.0206. The molecule has 80 valence electrons. The molecule has 4 heteroatoms. The molecular formula is C11H12O4. The van der Waals surface area contributed by atoms with Crippen LogP contribution in [0, 0.1) is 5.92 Å². The smallest absolute Gasteiger partial charge is 0.314 e. The normalized spacial score (nSPS) is 24.5. The predicted octanol–water partition coefficient (Wildman–Crippen LogP) is 1.76. The lowest BCUT2D eigenvalue weighted by Gasteiger charge is -2.27. The Bertz CT molecular complexity index is 425. The molecule has 1 aliphatic rings. The van der Waals surface area contributed by atoms with Gasteiger partial charge < -0.3 is 14.9 Å². The van der Waals surface area contributed by atoms with Crippen LogP contribution in [-0.4, -0.2) is 16.2 Å². The lowest BCUT2D eigenvalue weighted by Crippen LogP contribution is -2.28. The van der Waals surface area contributed by atoms with Gasteiger partial charge in [-0.1, -0.05) is 13.8 Å². The minimum atomic E-state index is -0.305. The SMILES string of the molecule is CC1C(=O)Oc2cc(O)c(O)cc2C1C. The highest BCUT2D eigenvalue weighted by Gasteiger charge is 2.32. The van der Waals surface area contributed by atoms with Gasteiger partial charge in [0.2, 0.25) is 0 Å². The summed E-state index contributed by atoms with van der Waals surface area (Å²) >= 11 is 0. The van der Waals surface area contributed by atoms with E-state index >= 15 is 0 Å². The van der Waals surface area contributed by atoms with E-state index in [0.29, 0.717) is 5.75 Å². The van der Waals surface area contributed by atoms with Crippen molar-refractivity contribution in [2.75, 3.05) is 0 Å². The molecule has 0 bridgehead atoms. The van der Waals surface area contributed by atoms with Crippen LogP contribution in [0.4, 0.5) is 0 Å². The van der Waals surface area contributed by atoms with Crippen LogP contribution in [0.1, 0.15) is 25.3 Å². The Morgan fingerprint density at radius 3 is 2.40 bits per heavy atom. The molecule has 2 rings (SSSR count). The highest BCUT2D eigenvalue weighted by molar-refractivity contribution is 5.79. The van der Waals surface area contributed by atoms with E-state index in [9.17, 15) is 15.0 Å². The molecule has 1 aliphatic heterocycles. The van der Waals surface area contributed by atoms with Crippen LogP contribution >= 0.6 is 0 Å². The van der Waals surface area contributed by atoms with E-state index < -0.39 is 0 Å². The maximum atomic E-state index is 11.4. The molecule has 0 aliphatic carbocycles. The number of phenolic OH excluding ortho intramolecular Hbond substituents is 2. The first-order valence-electron chi connectivity index (χ1n) is 4.78. The van der Waals surface area contributed by atoms with Crippen molar-refractivity contribution in [2.24, 2.45) is 5.92 Å². The van der Waals surface area contributed by atoms with E-state index in [4.69, 9.17) is 4.74 Å². The van der Waals surface area contributed by atoms with Gasteiger partial charge in [-0.3, -0.25) is 4.79 Å². The van der Waals surface area contributed by atoms with Crippen LogP contribution in [0.5, 0.6) is 17.2 Å². The number of hydrogen-bond acceptors (Lipinski definition) is 4. The number of benzene rings is 1. The van der Waals surface area contributed by atoms with Crippen LogP contribution < -0.4 is 4.74 Å².